The van der Waals surface area contributed by atoms with Crippen LogP contribution in [0.5, 0.6) is 0 Å². The third kappa shape index (κ3) is 3.25. The molecule has 0 aromatic rings. The Hall–Kier alpha value is -0.0800. The molecule has 0 spiro atoms. The maximum Gasteiger partial charge on any atom is 0.0248 e. The third-order valence-electron chi connectivity index (χ3n) is 3.30. The van der Waals surface area contributed by atoms with Gasteiger partial charge in [-0.3, -0.25) is 10.4 Å². The standard InChI is InChI=1S/C12H26N2/c1-12(2,3)10-8-6-7-9-11(10)13-14(4)5/h10-11,13H,6-9H2,1-5H3. The molecule has 2 nitrogen and oxygen atoms in total. The normalized spacial score (nSPS) is 29.6. The lowest BCUT2D eigenvalue weighted by Gasteiger charge is -2.42. The van der Waals surface area contributed by atoms with E-state index in [-0.39, 0.29) is 0 Å². The van der Waals surface area contributed by atoms with Crippen molar-refractivity contribution in [3.8, 4) is 0 Å². The van der Waals surface area contributed by atoms with Gasteiger partial charge in [0.2, 0.25) is 0 Å². The lowest BCUT2D eigenvalue weighted by molar-refractivity contribution is 0.0846. The molecule has 0 bridgehead atoms. The summed E-state index contributed by atoms with van der Waals surface area (Å²) in [5.74, 6) is 0.818. The molecule has 0 aliphatic heterocycles. The molecule has 1 N–H and O–H groups in total. The second kappa shape index (κ2) is 4.63. The number of nitrogens with one attached hydrogen (secondary N) is 1. The lowest BCUT2D eigenvalue weighted by Crippen LogP contribution is -2.49. The van der Waals surface area contributed by atoms with Crippen molar-refractivity contribution in [2.75, 3.05) is 14.1 Å². The Morgan fingerprint density at radius 3 is 2.14 bits per heavy atom. The van der Waals surface area contributed by atoms with Gasteiger partial charge in [-0.1, -0.05) is 33.6 Å². The molecular weight excluding hydrogens is 172 g/mol. The molecule has 0 aromatic carbocycles. The van der Waals surface area contributed by atoms with Crippen molar-refractivity contribution in [3.05, 3.63) is 0 Å². The van der Waals surface area contributed by atoms with Crippen molar-refractivity contribution in [3.63, 3.8) is 0 Å². The van der Waals surface area contributed by atoms with Crippen molar-refractivity contribution in [1.82, 2.24) is 10.4 Å². The van der Waals surface area contributed by atoms with E-state index in [9.17, 15) is 0 Å². The van der Waals surface area contributed by atoms with Crippen LogP contribution in [0.4, 0.5) is 0 Å². The fourth-order valence-corrected chi connectivity index (χ4v) is 2.65. The maximum atomic E-state index is 3.57. The first-order chi connectivity index (χ1) is 6.41. The van der Waals surface area contributed by atoms with E-state index < -0.39 is 0 Å². The predicted molar refractivity (Wildman–Crippen MR) is 62.0 cm³/mol. The van der Waals surface area contributed by atoms with E-state index in [0.29, 0.717) is 11.5 Å². The molecular formula is C12H26N2. The van der Waals surface area contributed by atoms with Crippen LogP contribution in [0.1, 0.15) is 46.5 Å². The minimum atomic E-state index is 0.439. The van der Waals surface area contributed by atoms with Crippen LogP contribution in [0.15, 0.2) is 0 Å². The third-order valence-corrected chi connectivity index (χ3v) is 3.30. The molecule has 0 heterocycles. The van der Waals surface area contributed by atoms with E-state index in [2.05, 4.69) is 45.3 Å². The summed E-state index contributed by atoms with van der Waals surface area (Å²) >= 11 is 0. The molecule has 0 radical (unpaired) electrons. The van der Waals surface area contributed by atoms with Crippen LogP contribution >= 0.6 is 0 Å². The van der Waals surface area contributed by atoms with Crippen molar-refractivity contribution in [2.24, 2.45) is 11.3 Å². The van der Waals surface area contributed by atoms with Crippen LogP contribution in [-0.4, -0.2) is 25.1 Å². The summed E-state index contributed by atoms with van der Waals surface area (Å²) in [4.78, 5) is 0. The zero-order chi connectivity index (χ0) is 10.8. The molecule has 1 saturated carbocycles. The van der Waals surface area contributed by atoms with Gasteiger partial charge in [-0.2, -0.15) is 0 Å². The van der Waals surface area contributed by atoms with Crippen molar-refractivity contribution < 1.29 is 0 Å². The molecule has 1 rings (SSSR count). The van der Waals surface area contributed by atoms with Crippen LogP contribution in [0.2, 0.25) is 0 Å². The van der Waals surface area contributed by atoms with Crippen LogP contribution in [0, 0.1) is 11.3 Å². The highest BCUT2D eigenvalue weighted by molar-refractivity contribution is 4.87. The summed E-state index contributed by atoms with van der Waals surface area (Å²) in [6, 6.07) is 0.679. The summed E-state index contributed by atoms with van der Waals surface area (Å²) in [7, 11) is 4.18. The number of hydrogen-bond acceptors (Lipinski definition) is 2. The zero-order valence-electron chi connectivity index (χ0n) is 10.4. The Balaban J connectivity index is 2.59. The number of hydrazine groups is 1. The molecule has 84 valence electrons. The van der Waals surface area contributed by atoms with Crippen LogP contribution in [0.25, 0.3) is 0 Å². The average Bonchev–Trinajstić information content (AvgIpc) is 2.01. The number of nitrogens with zero attached hydrogens (tertiary/aromatic N) is 1. The maximum absolute atomic E-state index is 3.57. The largest absolute Gasteiger partial charge is 0.252 e. The van der Waals surface area contributed by atoms with Gasteiger partial charge in [-0.15, -0.1) is 0 Å². The van der Waals surface area contributed by atoms with E-state index in [1.54, 1.807) is 0 Å². The fraction of sp³-hybridized carbons (Fsp3) is 1.00. The van der Waals surface area contributed by atoms with Gasteiger partial charge in [0.1, 0.15) is 0 Å². The lowest BCUT2D eigenvalue weighted by atomic mass is 9.70. The van der Waals surface area contributed by atoms with Gasteiger partial charge in [0, 0.05) is 20.1 Å². The summed E-state index contributed by atoms with van der Waals surface area (Å²) in [5, 5.41) is 2.11. The monoisotopic (exact) mass is 198 g/mol. The minimum Gasteiger partial charge on any atom is -0.252 e. The van der Waals surface area contributed by atoms with Gasteiger partial charge in [-0.25, -0.2) is 0 Å². The molecule has 0 aromatic heterocycles. The Kier molecular flexibility index (Phi) is 3.96. The first-order valence-corrected chi connectivity index (χ1v) is 5.85. The number of rotatable bonds is 2. The quantitative estimate of drug-likeness (QED) is 0.686. The van der Waals surface area contributed by atoms with Crippen LogP contribution in [0.3, 0.4) is 0 Å². The van der Waals surface area contributed by atoms with Crippen LogP contribution in [-0.2, 0) is 0 Å². The molecule has 2 heteroatoms. The smallest absolute Gasteiger partial charge is 0.0248 e. The second-order valence-electron chi connectivity index (χ2n) is 5.89. The molecule has 1 fully saturated rings. The molecule has 14 heavy (non-hydrogen) atoms. The van der Waals surface area contributed by atoms with Gasteiger partial charge in [0.15, 0.2) is 0 Å². The topological polar surface area (TPSA) is 15.3 Å². The van der Waals surface area contributed by atoms with E-state index in [0.717, 1.165) is 5.92 Å². The van der Waals surface area contributed by atoms with E-state index in [1.807, 2.05) is 0 Å². The van der Waals surface area contributed by atoms with Gasteiger partial charge >= 0.3 is 0 Å². The van der Waals surface area contributed by atoms with Crippen molar-refractivity contribution in [2.45, 2.75) is 52.5 Å². The van der Waals surface area contributed by atoms with E-state index >= 15 is 0 Å². The highest BCUT2D eigenvalue weighted by Crippen LogP contribution is 2.37. The Bertz CT molecular complexity index is 170. The molecule has 1 aliphatic rings. The summed E-state index contributed by atoms with van der Waals surface area (Å²) in [5.41, 5.74) is 4.01. The van der Waals surface area contributed by atoms with Crippen LogP contribution < -0.4 is 5.43 Å². The van der Waals surface area contributed by atoms with Gasteiger partial charge < -0.3 is 0 Å². The highest BCUT2D eigenvalue weighted by Gasteiger charge is 2.34. The fourth-order valence-electron chi connectivity index (χ4n) is 2.65. The van der Waals surface area contributed by atoms with E-state index in [4.69, 9.17) is 0 Å². The van der Waals surface area contributed by atoms with Gasteiger partial charge in [0.25, 0.3) is 0 Å². The molecule has 2 unspecified atom stereocenters. The van der Waals surface area contributed by atoms with Crippen molar-refractivity contribution in [1.29, 1.82) is 0 Å². The zero-order valence-corrected chi connectivity index (χ0v) is 10.4. The SMILES string of the molecule is CN(C)NC1CCCCC1C(C)(C)C. The molecule has 2 atom stereocenters. The average molecular weight is 198 g/mol. The Morgan fingerprint density at radius 2 is 1.64 bits per heavy atom. The minimum absolute atomic E-state index is 0.439. The number of hydrogen-bond donors (Lipinski definition) is 1. The Labute approximate surface area is 89.0 Å². The first kappa shape index (κ1) is 12.0. The highest BCUT2D eigenvalue weighted by atomic mass is 15.5. The second-order valence-corrected chi connectivity index (χ2v) is 5.89. The summed E-state index contributed by atoms with van der Waals surface area (Å²) < 4.78 is 0. The van der Waals surface area contributed by atoms with Gasteiger partial charge in [-0.05, 0) is 24.2 Å². The first-order valence-electron chi connectivity index (χ1n) is 5.85. The summed E-state index contributed by atoms with van der Waals surface area (Å²) in [6.45, 7) is 7.11. The Morgan fingerprint density at radius 1 is 1.07 bits per heavy atom. The molecule has 1 aliphatic carbocycles. The summed E-state index contributed by atoms with van der Waals surface area (Å²) in [6.07, 6.45) is 5.51. The van der Waals surface area contributed by atoms with Gasteiger partial charge in [0.05, 0.1) is 0 Å². The van der Waals surface area contributed by atoms with Crippen molar-refractivity contribution >= 4 is 0 Å². The van der Waals surface area contributed by atoms with E-state index in [1.165, 1.54) is 25.7 Å². The molecule has 0 amide bonds. The molecule has 0 saturated heterocycles. The predicted octanol–water partition coefficient (Wildman–Crippen LogP) is 2.66.